The highest BCUT2D eigenvalue weighted by atomic mass is 16.3. The van der Waals surface area contributed by atoms with Crippen LogP contribution in [0.5, 0.6) is 0 Å². The van der Waals surface area contributed by atoms with Gasteiger partial charge in [0.15, 0.2) is 0 Å². The Hall–Kier alpha value is -3.46. The highest BCUT2D eigenvalue weighted by molar-refractivity contribution is 6.23. The number of rotatable bonds is 4. The molecule has 28 heavy (non-hydrogen) atoms. The minimum absolute atomic E-state index is 0.00150. The van der Waals surface area contributed by atoms with Crippen LogP contribution in [0.1, 0.15) is 46.3 Å². The van der Waals surface area contributed by atoms with Crippen molar-refractivity contribution in [3.63, 3.8) is 0 Å². The molecule has 9 heteroatoms. The van der Waals surface area contributed by atoms with Gasteiger partial charge in [-0.05, 0) is 18.2 Å². The molecule has 0 fully saturated rings. The van der Waals surface area contributed by atoms with Crippen molar-refractivity contribution >= 4 is 28.7 Å². The highest BCUT2D eigenvalue weighted by Gasteiger charge is 2.32. The molecule has 0 spiro atoms. The van der Waals surface area contributed by atoms with Crippen molar-refractivity contribution in [3.8, 4) is 5.69 Å². The topological polar surface area (TPSA) is 132 Å². The number of anilines is 1. The van der Waals surface area contributed by atoms with Gasteiger partial charge < -0.3 is 15.4 Å². The number of amides is 2. The zero-order valence-corrected chi connectivity index (χ0v) is 15.4. The molecule has 4 rings (SSSR count). The molecule has 2 amide bonds. The summed E-state index contributed by atoms with van der Waals surface area (Å²) >= 11 is 0. The van der Waals surface area contributed by atoms with Crippen molar-refractivity contribution in [1.29, 1.82) is 0 Å². The van der Waals surface area contributed by atoms with Crippen LogP contribution in [0, 0.1) is 0 Å². The van der Waals surface area contributed by atoms with Crippen LogP contribution in [0.25, 0.3) is 16.7 Å². The Morgan fingerprint density at radius 2 is 1.93 bits per heavy atom. The molecule has 3 heterocycles. The molecule has 0 radical (unpaired) electrons. The summed E-state index contributed by atoms with van der Waals surface area (Å²) in [7, 11) is 0. The first-order valence-electron chi connectivity index (χ1n) is 8.86. The fourth-order valence-corrected chi connectivity index (χ4v) is 3.60. The fourth-order valence-electron chi connectivity index (χ4n) is 3.60. The average Bonchev–Trinajstić information content (AvgIpc) is 3.13. The number of imidazole rings is 1. The number of aromatic nitrogens is 3. The molecular formula is C19H19N5O4. The standard InChI is InChI=1S/C19H19N5O4/c1-9(2)17-21-12-7-10(3-4-13(12)23(17)5-6-25)24-14(26)8-11-15(16(24)20)19(28)22-18(11)27/h3-4,7-9,25H,5-6,20H2,1-2H3,(H,22,27,28). The number of imide groups is 1. The predicted octanol–water partition coefficient (Wildman–Crippen LogP) is 0.769. The van der Waals surface area contributed by atoms with E-state index >= 15 is 0 Å². The Morgan fingerprint density at radius 1 is 1.18 bits per heavy atom. The zero-order valence-electron chi connectivity index (χ0n) is 15.4. The number of hydrogen-bond donors (Lipinski definition) is 3. The minimum Gasteiger partial charge on any atom is -0.395 e. The van der Waals surface area contributed by atoms with E-state index in [0.717, 1.165) is 17.4 Å². The number of nitrogens with two attached hydrogens (primary N) is 1. The Morgan fingerprint density at radius 3 is 2.61 bits per heavy atom. The van der Waals surface area contributed by atoms with Gasteiger partial charge >= 0.3 is 0 Å². The van der Waals surface area contributed by atoms with E-state index in [2.05, 4.69) is 10.3 Å². The Bertz CT molecular complexity index is 1210. The quantitative estimate of drug-likeness (QED) is 0.572. The second kappa shape index (κ2) is 6.31. The van der Waals surface area contributed by atoms with E-state index in [1.807, 2.05) is 18.4 Å². The number of nitrogens with zero attached hydrogens (tertiary/aromatic N) is 3. The summed E-state index contributed by atoms with van der Waals surface area (Å²) < 4.78 is 3.13. The number of aliphatic hydroxyl groups is 1. The lowest BCUT2D eigenvalue weighted by molar-refractivity contribution is 0.0880. The maximum absolute atomic E-state index is 12.6. The number of carbonyl (C=O) groups is 2. The summed E-state index contributed by atoms with van der Waals surface area (Å²) in [5, 5.41) is 11.5. The molecule has 2 aromatic heterocycles. The third-order valence-corrected chi connectivity index (χ3v) is 4.81. The molecule has 0 unspecified atom stereocenters. The van der Waals surface area contributed by atoms with Crippen LogP contribution in [0.15, 0.2) is 29.1 Å². The van der Waals surface area contributed by atoms with Crippen LogP contribution >= 0.6 is 0 Å². The van der Waals surface area contributed by atoms with Gasteiger partial charge in [-0.15, -0.1) is 0 Å². The largest absolute Gasteiger partial charge is 0.395 e. The molecular weight excluding hydrogens is 362 g/mol. The van der Waals surface area contributed by atoms with Crippen molar-refractivity contribution < 1.29 is 14.7 Å². The maximum Gasteiger partial charge on any atom is 0.262 e. The molecule has 1 aliphatic heterocycles. The van der Waals surface area contributed by atoms with E-state index in [-0.39, 0.29) is 29.5 Å². The summed E-state index contributed by atoms with van der Waals surface area (Å²) in [6.07, 6.45) is 0. The monoisotopic (exact) mass is 381 g/mol. The van der Waals surface area contributed by atoms with Crippen LogP contribution in [-0.2, 0) is 6.54 Å². The van der Waals surface area contributed by atoms with E-state index in [1.165, 1.54) is 4.57 Å². The van der Waals surface area contributed by atoms with Crippen molar-refractivity contribution in [2.45, 2.75) is 26.3 Å². The lowest BCUT2D eigenvalue weighted by Crippen LogP contribution is -2.24. The number of pyridine rings is 1. The number of carbonyl (C=O) groups excluding carboxylic acids is 2. The second-order valence-corrected chi connectivity index (χ2v) is 6.95. The summed E-state index contributed by atoms with van der Waals surface area (Å²) in [4.78, 5) is 41.1. The van der Waals surface area contributed by atoms with Gasteiger partial charge in [-0.2, -0.15) is 0 Å². The van der Waals surface area contributed by atoms with Crippen LogP contribution in [0.3, 0.4) is 0 Å². The lowest BCUT2D eigenvalue weighted by atomic mass is 10.1. The zero-order chi connectivity index (χ0) is 20.2. The fraction of sp³-hybridized carbons (Fsp3) is 0.263. The van der Waals surface area contributed by atoms with E-state index in [1.54, 1.807) is 18.2 Å². The van der Waals surface area contributed by atoms with Crippen molar-refractivity contribution in [2.75, 3.05) is 12.3 Å². The Labute approximate surface area is 159 Å². The number of hydrogen-bond acceptors (Lipinski definition) is 6. The van der Waals surface area contributed by atoms with E-state index < -0.39 is 17.4 Å². The smallest absolute Gasteiger partial charge is 0.262 e. The predicted molar refractivity (Wildman–Crippen MR) is 103 cm³/mol. The van der Waals surface area contributed by atoms with E-state index in [0.29, 0.717) is 17.7 Å². The third-order valence-electron chi connectivity index (χ3n) is 4.81. The molecule has 0 aliphatic carbocycles. The highest BCUT2D eigenvalue weighted by Crippen LogP contribution is 2.27. The number of nitrogens with one attached hydrogen (secondary N) is 1. The van der Waals surface area contributed by atoms with Gasteiger partial charge in [-0.3, -0.25) is 24.3 Å². The first-order valence-corrected chi connectivity index (χ1v) is 8.86. The van der Waals surface area contributed by atoms with Crippen LogP contribution in [-0.4, -0.2) is 37.6 Å². The molecule has 1 aliphatic rings. The van der Waals surface area contributed by atoms with Crippen molar-refractivity contribution in [3.05, 3.63) is 51.6 Å². The molecule has 0 atom stereocenters. The first kappa shape index (κ1) is 17.9. The van der Waals surface area contributed by atoms with Crippen LogP contribution in [0.4, 0.5) is 5.82 Å². The SMILES string of the molecule is CC(C)c1nc2cc(-n3c(N)c4c(cc3=O)C(=O)NC4=O)ccc2n1CCO. The third kappa shape index (κ3) is 2.51. The van der Waals surface area contributed by atoms with Gasteiger partial charge in [0.05, 0.1) is 34.5 Å². The molecule has 144 valence electrons. The molecule has 0 saturated heterocycles. The van der Waals surface area contributed by atoms with Gasteiger partial charge in [0.2, 0.25) is 0 Å². The normalized spacial score (nSPS) is 13.4. The summed E-state index contributed by atoms with van der Waals surface area (Å²) in [6, 6.07) is 6.30. The number of nitrogen functional groups attached to an aromatic ring is 1. The number of benzene rings is 1. The van der Waals surface area contributed by atoms with Gasteiger partial charge in [-0.25, -0.2) is 4.98 Å². The van der Waals surface area contributed by atoms with Gasteiger partial charge in [0, 0.05) is 18.5 Å². The van der Waals surface area contributed by atoms with Crippen molar-refractivity contribution in [2.24, 2.45) is 0 Å². The van der Waals surface area contributed by atoms with Crippen LogP contribution in [0.2, 0.25) is 0 Å². The molecule has 0 bridgehead atoms. The number of aliphatic hydroxyl groups excluding tert-OH is 1. The average molecular weight is 381 g/mol. The Kier molecular flexibility index (Phi) is 4.04. The van der Waals surface area contributed by atoms with Gasteiger partial charge in [0.25, 0.3) is 17.4 Å². The summed E-state index contributed by atoms with van der Waals surface area (Å²) in [5.74, 6) is -0.383. The lowest BCUT2D eigenvalue weighted by Gasteiger charge is -2.12. The molecule has 4 N–H and O–H groups in total. The summed E-state index contributed by atoms with van der Waals surface area (Å²) in [6.45, 7) is 4.41. The van der Waals surface area contributed by atoms with Gasteiger partial charge in [-0.1, -0.05) is 13.8 Å². The van der Waals surface area contributed by atoms with E-state index in [9.17, 15) is 19.5 Å². The second-order valence-electron chi connectivity index (χ2n) is 6.95. The first-order chi connectivity index (χ1) is 13.3. The van der Waals surface area contributed by atoms with Crippen LogP contribution < -0.4 is 16.6 Å². The summed E-state index contributed by atoms with van der Waals surface area (Å²) in [5.41, 5.74) is 7.46. The van der Waals surface area contributed by atoms with E-state index in [4.69, 9.17) is 5.73 Å². The Balaban J connectivity index is 1.94. The van der Waals surface area contributed by atoms with Crippen molar-refractivity contribution in [1.82, 2.24) is 19.4 Å². The van der Waals surface area contributed by atoms with Gasteiger partial charge in [0.1, 0.15) is 11.6 Å². The molecule has 9 nitrogen and oxygen atoms in total. The molecule has 3 aromatic rings. The number of fused-ring (bicyclic) bond motifs is 2. The minimum atomic E-state index is -0.629. The maximum atomic E-state index is 12.6. The molecule has 0 saturated carbocycles. The molecule has 1 aromatic carbocycles.